The predicted octanol–water partition coefficient (Wildman–Crippen LogP) is -0.216. The van der Waals surface area contributed by atoms with Crippen molar-refractivity contribution in [3.05, 3.63) is 46.0 Å². The maximum Gasteiger partial charge on any atom is 0.503 e. The molecule has 74 valence electrons. The number of carbonyl (C=O) groups is 1. The molecule has 0 fully saturated rings. The summed E-state index contributed by atoms with van der Waals surface area (Å²) in [5.74, 6) is -4.91. The van der Waals surface area contributed by atoms with Crippen molar-refractivity contribution in [2.24, 2.45) is 0 Å². The van der Waals surface area contributed by atoms with Gasteiger partial charge in [0.25, 0.3) is 0 Å². The van der Waals surface area contributed by atoms with E-state index in [9.17, 15) is 14.9 Å². The average Bonchev–Trinajstić information content (AvgIpc) is 2.17. The predicted molar refractivity (Wildman–Crippen MR) is 44.9 cm³/mol. The van der Waals surface area contributed by atoms with Crippen LogP contribution in [0.2, 0.25) is 0 Å². The smallest absolute Gasteiger partial charge is 0.300 e. The van der Waals surface area contributed by atoms with Crippen LogP contribution in [-0.4, -0.2) is 26.8 Å². The second-order valence-corrected chi connectivity index (χ2v) is 2.59. The molecule has 1 aromatic rings. The van der Waals surface area contributed by atoms with E-state index in [0.29, 0.717) is 0 Å². The molecule has 6 nitrogen and oxygen atoms in total. The Morgan fingerprint density at radius 3 is 2.21 bits per heavy atom. The molecule has 0 aliphatic rings. The highest BCUT2D eigenvalue weighted by atomic mass is 16.7. The Morgan fingerprint density at radius 1 is 1.29 bits per heavy atom. The zero-order valence-corrected chi connectivity index (χ0v) is 6.95. The standard InChI is InChI=1S/C8H7NO5/c10-7(8(11,12)9(13)14)6-4-2-1-3-5-6/h1-5,11-12H. The first-order valence-corrected chi connectivity index (χ1v) is 3.65. The van der Waals surface area contributed by atoms with Crippen molar-refractivity contribution in [3.8, 4) is 0 Å². The van der Waals surface area contributed by atoms with Crippen LogP contribution in [0.15, 0.2) is 30.3 Å². The number of nitro groups is 1. The number of rotatable bonds is 3. The minimum Gasteiger partial charge on any atom is -0.300 e. The molecule has 0 saturated carbocycles. The molecular formula is C8H7NO5. The van der Waals surface area contributed by atoms with Crippen molar-refractivity contribution in [1.29, 1.82) is 0 Å². The van der Waals surface area contributed by atoms with Crippen molar-refractivity contribution in [2.75, 3.05) is 0 Å². The molecule has 0 aliphatic heterocycles. The first-order chi connectivity index (χ1) is 6.46. The molecule has 0 bridgehead atoms. The molecule has 1 rings (SSSR count). The first kappa shape index (κ1) is 10.3. The molecule has 0 atom stereocenters. The lowest BCUT2D eigenvalue weighted by atomic mass is 10.1. The average molecular weight is 197 g/mol. The number of benzene rings is 1. The van der Waals surface area contributed by atoms with Crippen LogP contribution in [0.1, 0.15) is 10.4 Å². The van der Waals surface area contributed by atoms with Gasteiger partial charge in [0.2, 0.25) is 0 Å². The minimum atomic E-state index is -3.55. The molecule has 2 N–H and O–H groups in total. The van der Waals surface area contributed by atoms with Gasteiger partial charge in [-0.2, -0.15) is 0 Å². The maximum atomic E-state index is 11.2. The summed E-state index contributed by atoms with van der Waals surface area (Å²) in [6.07, 6.45) is 0. The van der Waals surface area contributed by atoms with Crippen molar-refractivity contribution >= 4 is 5.78 Å². The third-order valence-corrected chi connectivity index (χ3v) is 1.60. The van der Waals surface area contributed by atoms with E-state index in [-0.39, 0.29) is 5.56 Å². The fourth-order valence-electron chi connectivity index (χ4n) is 0.866. The SMILES string of the molecule is O=C(c1ccccc1)C(O)(O)[N+](=O)[O-]. The van der Waals surface area contributed by atoms with E-state index in [4.69, 9.17) is 10.2 Å². The van der Waals surface area contributed by atoms with Gasteiger partial charge in [0, 0.05) is 5.56 Å². The fraction of sp³-hybridized carbons (Fsp3) is 0.125. The zero-order chi connectivity index (χ0) is 10.8. The summed E-state index contributed by atoms with van der Waals surface area (Å²) >= 11 is 0. The van der Waals surface area contributed by atoms with E-state index in [0.717, 1.165) is 0 Å². The van der Waals surface area contributed by atoms with Gasteiger partial charge in [-0.15, -0.1) is 0 Å². The minimum absolute atomic E-state index is 0.130. The van der Waals surface area contributed by atoms with Gasteiger partial charge < -0.3 is 0 Å². The van der Waals surface area contributed by atoms with Gasteiger partial charge in [0.05, 0.1) is 4.92 Å². The number of aliphatic hydroxyl groups is 2. The number of carbonyl (C=O) groups excluding carboxylic acids is 1. The van der Waals surface area contributed by atoms with Crippen LogP contribution in [0.25, 0.3) is 0 Å². The van der Waals surface area contributed by atoms with E-state index in [1.54, 1.807) is 6.07 Å². The highest BCUT2D eigenvalue weighted by Gasteiger charge is 2.47. The molecule has 0 aliphatic carbocycles. The topological polar surface area (TPSA) is 101 Å². The molecule has 14 heavy (non-hydrogen) atoms. The van der Waals surface area contributed by atoms with Crippen LogP contribution in [-0.2, 0) is 0 Å². The first-order valence-electron chi connectivity index (χ1n) is 3.65. The van der Waals surface area contributed by atoms with Gasteiger partial charge in [0.15, 0.2) is 0 Å². The summed E-state index contributed by atoms with van der Waals surface area (Å²) in [6.45, 7) is 0. The fourth-order valence-corrected chi connectivity index (χ4v) is 0.866. The molecule has 0 heterocycles. The van der Waals surface area contributed by atoms with Crippen molar-refractivity contribution in [1.82, 2.24) is 0 Å². The van der Waals surface area contributed by atoms with E-state index in [1.807, 2.05) is 0 Å². The summed E-state index contributed by atoms with van der Waals surface area (Å²) < 4.78 is 0. The third kappa shape index (κ3) is 1.76. The normalized spacial score (nSPS) is 11.0. The van der Waals surface area contributed by atoms with Gasteiger partial charge in [0.1, 0.15) is 0 Å². The Hall–Kier alpha value is -1.79. The molecule has 0 spiro atoms. The van der Waals surface area contributed by atoms with Gasteiger partial charge in [-0.05, 0) is 0 Å². The summed E-state index contributed by atoms with van der Waals surface area (Å²) in [5, 5.41) is 27.8. The van der Waals surface area contributed by atoms with Crippen LogP contribution in [0, 0.1) is 10.1 Å². The van der Waals surface area contributed by atoms with Crippen molar-refractivity contribution < 1.29 is 19.9 Å². The van der Waals surface area contributed by atoms with Gasteiger partial charge in [-0.1, -0.05) is 30.3 Å². The van der Waals surface area contributed by atoms with Gasteiger partial charge >= 0.3 is 11.7 Å². The van der Waals surface area contributed by atoms with E-state index >= 15 is 0 Å². The molecule has 0 radical (unpaired) electrons. The van der Waals surface area contributed by atoms with Crippen LogP contribution in [0.4, 0.5) is 0 Å². The Kier molecular flexibility index (Phi) is 2.59. The Labute approximate surface area is 78.6 Å². The maximum absolute atomic E-state index is 11.2. The summed E-state index contributed by atoms with van der Waals surface area (Å²) in [7, 11) is 0. The molecule has 0 aromatic heterocycles. The van der Waals surface area contributed by atoms with E-state index < -0.39 is 16.6 Å². The van der Waals surface area contributed by atoms with E-state index in [2.05, 4.69) is 0 Å². The molecule has 0 unspecified atom stereocenters. The van der Waals surface area contributed by atoms with Crippen LogP contribution < -0.4 is 0 Å². The van der Waals surface area contributed by atoms with Crippen molar-refractivity contribution in [3.63, 3.8) is 0 Å². The largest absolute Gasteiger partial charge is 0.503 e. The van der Waals surface area contributed by atoms with Gasteiger partial charge in [-0.3, -0.25) is 25.1 Å². The molecule has 1 aromatic carbocycles. The summed E-state index contributed by atoms with van der Waals surface area (Å²) in [6, 6.07) is 7.03. The van der Waals surface area contributed by atoms with Crippen LogP contribution in [0.3, 0.4) is 0 Å². The quantitative estimate of drug-likeness (QED) is 0.302. The Bertz CT molecular complexity index is 359. The Balaban J connectivity index is 3.03. The molecule has 0 amide bonds. The number of hydrogen-bond acceptors (Lipinski definition) is 5. The number of nitrogens with zero attached hydrogens (tertiary/aromatic N) is 1. The summed E-state index contributed by atoms with van der Waals surface area (Å²) in [5.41, 5.74) is -0.130. The second-order valence-electron chi connectivity index (χ2n) is 2.59. The number of Topliss-reactive ketones (excluding diaryl/α,β-unsaturated/α-hetero) is 1. The highest BCUT2D eigenvalue weighted by molar-refractivity contribution is 5.99. The summed E-state index contributed by atoms with van der Waals surface area (Å²) in [4.78, 5) is 19.8. The molecular weight excluding hydrogens is 190 g/mol. The van der Waals surface area contributed by atoms with E-state index in [1.165, 1.54) is 24.3 Å². The number of hydrogen-bond donors (Lipinski definition) is 2. The van der Waals surface area contributed by atoms with Crippen LogP contribution in [0.5, 0.6) is 0 Å². The van der Waals surface area contributed by atoms with Crippen molar-refractivity contribution in [2.45, 2.75) is 5.91 Å². The van der Waals surface area contributed by atoms with Gasteiger partial charge in [-0.25, -0.2) is 0 Å². The highest BCUT2D eigenvalue weighted by Crippen LogP contribution is 2.11. The monoisotopic (exact) mass is 197 g/mol. The lowest BCUT2D eigenvalue weighted by molar-refractivity contribution is -0.657. The third-order valence-electron chi connectivity index (χ3n) is 1.60. The lowest BCUT2D eigenvalue weighted by Gasteiger charge is -2.09. The lowest BCUT2D eigenvalue weighted by Crippen LogP contribution is -2.46. The Morgan fingerprint density at radius 2 is 1.79 bits per heavy atom. The van der Waals surface area contributed by atoms with Crippen LogP contribution >= 0.6 is 0 Å². The molecule has 6 heteroatoms. The zero-order valence-electron chi connectivity index (χ0n) is 6.95. The molecule has 0 saturated heterocycles. The second kappa shape index (κ2) is 3.52. The number of ketones is 1.